The summed E-state index contributed by atoms with van der Waals surface area (Å²) in [5, 5.41) is 12.9. The quantitative estimate of drug-likeness (QED) is 0.535. The largest absolute Gasteiger partial charge is 0.349 e. The van der Waals surface area contributed by atoms with E-state index < -0.39 is 0 Å². The van der Waals surface area contributed by atoms with Crippen molar-refractivity contribution in [1.82, 2.24) is 9.88 Å². The van der Waals surface area contributed by atoms with Crippen LogP contribution in [-0.2, 0) is 11.3 Å². The molecule has 4 nitrogen and oxygen atoms in total. The minimum absolute atomic E-state index is 0.0213. The van der Waals surface area contributed by atoms with E-state index in [1.54, 1.807) is 6.08 Å². The van der Waals surface area contributed by atoms with Crippen LogP contribution >= 0.6 is 0 Å². The summed E-state index contributed by atoms with van der Waals surface area (Å²) >= 11 is 0. The molecule has 0 radical (unpaired) electrons. The van der Waals surface area contributed by atoms with E-state index in [4.69, 9.17) is 6.42 Å². The molecule has 0 aliphatic carbocycles. The Labute approximate surface area is 130 Å². The molecule has 1 N–H and O–H groups in total. The van der Waals surface area contributed by atoms with E-state index in [0.717, 1.165) is 16.5 Å². The zero-order valence-corrected chi connectivity index (χ0v) is 12.6. The normalized spacial score (nSPS) is 11.2. The Kier molecular flexibility index (Phi) is 4.66. The molecule has 1 aromatic heterocycles. The number of nitrogens with zero attached hydrogens (tertiary/aromatic N) is 2. The van der Waals surface area contributed by atoms with Crippen molar-refractivity contribution in [1.29, 1.82) is 5.26 Å². The maximum atomic E-state index is 12.0. The van der Waals surface area contributed by atoms with E-state index in [9.17, 15) is 10.1 Å². The lowest BCUT2D eigenvalue weighted by Crippen LogP contribution is -2.30. The summed E-state index contributed by atoms with van der Waals surface area (Å²) in [7, 11) is 0. The van der Waals surface area contributed by atoms with Crippen molar-refractivity contribution in [2.75, 3.05) is 0 Å². The average molecular weight is 291 g/mol. The summed E-state index contributed by atoms with van der Waals surface area (Å²) in [4.78, 5) is 12.0. The van der Waals surface area contributed by atoms with Crippen molar-refractivity contribution in [2.24, 2.45) is 0 Å². The van der Waals surface area contributed by atoms with Gasteiger partial charge in [-0.3, -0.25) is 4.79 Å². The van der Waals surface area contributed by atoms with Crippen LogP contribution in [0.3, 0.4) is 0 Å². The van der Waals surface area contributed by atoms with E-state index >= 15 is 0 Å². The topological polar surface area (TPSA) is 57.8 Å². The number of carbonyl (C=O) groups excluding carboxylic acids is 1. The smallest absolute Gasteiger partial charge is 0.262 e. The molecule has 2 rings (SSSR count). The van der Waals surface area contributed by atoms with Crippen LogP contribution in [0.25, 0.3) is 17.0 Å². The first-order valence-corrected chi connectivity index (χ1v) is 7.00. The molecule has 0 bridgehead atoms. The van der Waals surface area contributed by atoms with E-state index in [-0.39, 0.29) is 17.5 Å². The first-order valence-electron chi connectivity index (χ1n) is 7.00. The number of fused-ring (bicyclic) bond motifs is 1. The van der Waals surface area contributed by atoms with E-state index in [2.05, 4.69) is 11.2 Å². The zero-order valence-electron chi connectivity index (χ0n) is 12.6. The Morgan fingerprint density at radius 3 is 2.82 bits per heavy atom. The van der Waals surface area contributed by atoms with Crippen LogP contribution in [0.15, 0.2) is 36.0 Å². The third-order valence-electron chi connectivity index (χ3n) is 3.17. The molecule has 0 saturated heterocycles. The molecule has 0 aliphatic heterocycles. The minimum atomic E-state index is -0.369. The van der Waals surface area contributed by atoms with Gasteiger partial charge in [-0.2, -0.15) is 5.26 Å². The van der Waals surface area contributed by atoms with Crippen LogP contribution in [0.2, 0.25) is 0 Å². The molecule has 0 spiro atoms. The molecule has 22 heavy (non-hydrogen) atoms. The van der Waals surface area contributed by atoms with Gasteiger partial charge in [-0.05, 0) is 26.0 Å². The van der Waals surface area contributed by atoms with Crippen molar-refractivity contribution in [2.45, 2.75) is 26.4 Å². The second kappa shape index (κ2) is 6.65. The van der Waals surface area contributed by atoms with Crippen molar-refractivity contribution in [3.05, 3.63) is 41.6 Å². The van der Waals surface area contributed by atoms with Crippen molar-refractivity contribution in [3.8, 4) is 18.4 Å². The first kappa shape index (κ1) is 15.4. The third kappa shape index (κ3) is 3.19. The van der Waals surface area contributed by atoms with E-state index in [0.29, 0.717) is 6.54 Å². The van der Waals surface area contributed by atoms with Gasteiger partial charge >= 0.3 is 0 Å². The molecule has 1 heterocycles. The Morgan fingerprint density at radius 2 is 2.18 bits per heavy atom. The van der Waals surface area contributed by atoms with Gasteiger partial charge in [-0.15, -0.1) is 6.42 Å². The summed E-state index contributed by atoms with van der Waals surface area (Å²) in [5.41, 5.74) is 1.87. The fraction of sp³-hybridized carbons (Fsp3) is 0.222. The number of rotatable bonds is 4. The lowest BCUT2D eigenvalue weighted by molar-refractivity contribution is -0.117. The molecule has 2 aromatic rings. The van der Waals surface area contributed by atoms with Gasteiger partial charge in [-0.25, -0.2) is 0 Å². The minimum Gasteiger partial charge on any atom is -0.349 e. The Hall–Kier alpha value is -2.98. The second-order valence-corrected chi connectivity index (χ2v) is 5.23. The fourth-order valence-electron chi connectivity index (χ4n) is 2.26. The molecule has 110 valence electrons. The molecule has 0 saturated carbocycles. The summed E-state index contributed by atoms with van der Waals surface area (Å²) < 4.78 is 1.93. The summed E-state index contributed by atoms with van der Waals surface area (Å²) in [6, 6.07) is 9.70. The molecule has 0 fully saturated rings. The molecule has 1 amide bonds. The number of terminal acetylenes is 1. The monoisotopic (exact) mass is 291 g/mol. The van der Waals surface area contributed by atoms with Gasteiger partial charge in [0.05, 0.1) is 6.54 Å². The standard InChI is InChI=1S/C18H17N3O/c1-4-9-21-12-15(16-7-5-6-8-17(16)21)10-14(11-19)18(22)20-13(2)3/h1,5-8,10,12-13H,9H2,2-3H3,(H,20,22). The first-order chi connectivity index (χ1) is 10.6. The van der Waals surface area contributed by atoms with Crippen molar-refractivity contribution in [3.63, 3.8) is 0 Å². The van der Waals surface area contributed by atoms with Gasteiger partial charge in [0.15, 0.2) is 0 Å². The van der Waals surface area contributed by atoms with E-state index in [1.807, 2.05) is 54.9 Å². The highest BCUT2D eigenvalue weighted by molar-refractivity contribution is 6.04. The van der Waals surface area contributed by atoms with Crippen LogP contribution in [0.4, 0.5) is 0 Å². The van der Waals surface area contributed by atoms with Crippen LogP contribution in [0, 0.1) is 23.7 Å². The average Bonchev–Trinajstić information content (AvgIpc) is 2.83. The summed E-state index contributed by atoms with van der Waals surface area (Å²) in [6.45, 7) is 4.14. The van der Waals surface area contributed by atoms with E-state index in [1.165, 1.54) is 0 Å². The Balaban J connectivity index is 2.50. The summed E-state index contributed by atoms with van der Waals surface area (Å²) in [6.07, 6.45) is 8.86. The SMILES string of the molecule is C#CCn1cc(C=C(C#N)C(=O)NC(C)C)c2ccccc21. The predicted octanol–water partition coefficient (Wildman–Crippen LogP) is 2.71. The number of nitriles is 1. The lowest BCUT2D eigenvalue weighted by Gasteiger charge is -2.06. The summed E-state index contributed by atoms with van der Waals surface area (Å²) in [5.74, 6) is 2.23. The zero-order chi connectivity index (χ0) is 16.1. The molecule has 1 aromatic carbocycles. The second-order valence-electron chi connectivity index (χ2n) is 5.23. The van der Waals surface area contributed by atoms with Crippen molar-refractivity contribution < 1.29 is 4.79 Å². The number of amides is 1. The highest BCUT2D eigenvalue weighted by atomic mass is 16.1. The Morgan fingerprint density at radius 1 is 1.45 bits per heavy atom. The van der Waals surface area contributed by atoms with Crippen LogP contribution in [0.1, 0.15) is 19.4 Å². The van der Waals surface area contributed by atoms with Crippen LogP contribution < -0.4 is 5.32 Å². The molecular weight excluding hydrogens is 274 g/mol. The van der Waals surface area contributed by atoms with Crippen LogP contribution in [-0.4, -0.2) is 16.5 Å². The fourth-order valence-corrected chi connectivity index (χ4v) is 2.26. The molecule has 0 unspecified atom stereocenters. The number of benzene rings is 1. The number of aromatic nitrogens is 1. The van der Waals surface area contributed by atoms with Gasteiger partial charge in [0.25, 0.3) is 5.91 Å². The maximum absolute atomic E-state index is 12.0. The van der Waals surface area contributed by atoms with Gasteiger partial charge in [0.2, 0.25) is 0 Å². The molecule has 4 heteroatoms. The number of para-hydroxylation sites is 1. The molecular formula is C18H17N3O. The number of hydrogen-bond donors (Lipinski definition) is 1. The maximum Gasteiger partial charge on any atom is 0.262 e. The van der Waals surface area contributed by atoms with Crippen molar-refractivity contribution >= 4 is 22.9 Å². The number of carbonyl (C=O) groups is 1. The van der Waals surface area contributed by atoms with Gasteiger partial charge in [0, 0.05) is 28.7 Å². The number of hydrogen-bond acceptors (Lipinski definition) is 2. The predicted molar refractivity (Wildman–Crippen MR) is 87.6 cm³/mol. The molecule has 0 atom stereocenters. The van der Waals surface area contributed by atoms with Gasteiger partial charge in [0.1, 0.15) is 11.6 Å². The van der Waals surface area contributed by atoms with Crippen LogP contribution in [0.5, 0.6) is 0 Å². The lowest BCUT2D eigenvalue weighted by atomic mass is 10.1. The number of nitrogens with one attached hydrogen (secondary N) is 1. The third-order valence-corrected chi connectivity index (χ3v) is 3.17. The van der Waals surface area contributed by atoms with Gasteiger partial charge in [-0.1, -0.05) is 24.1 Å². The highest BCUT2D eigenvalue weighted by Crippen LogP contribution is 2.23. The molecule has 0 aliphatic rings. The van der Waals surface area contributed by atoms with Gasteiger partial charge < -0.3 is 9.88 Å². The Bertz CT molecular complexity index is 813. The highest BCUT2D eigenvalue weighted by Gasteiger charge is 2.12.